The first kappa shape index (κ1) is 17.7. The average Bonchev–Trinajstić information content (AvgIpc) is 2.50. The normalized spacial score (nSPS) is 18.7. The van der Waals surface area contributed by atoms with Gasteiger partial charge in [-0.15, -0.1) is 0 Å². The molecule has 1 amide bonds. The Bertz CT molecular complexity index is 515. The number of benzene rings is 1. The molecule has 0 bridgehead atoms. The van der Waals surface area contributed by atoms with Crippen LogP contribution in [0.4, 0.5) is 5.69 Å². The Kier molecular flexibility index (Phi) is 6.65. The molecule has 2 atom stereocenters. The van der Waals surface area contributed by atoms with Crippen LogP contribution in [0, 0.1) is 16.4 Å². The molecule has 0 aliphatic heterocycles. The number of halogens is 1. The Morgan fingerprint density at radius 3 is 2.73 bits per heavy atom. The van der Waals surface area contributed by atoms with Crippen LogP contribution in [0.1, 0.15) is 44.1 Å². The molecule has 1 unspecified atom stereocenters. The van der Waals surface area contributed by atoms with Crippen molar-refractivity contribution in [2.24, 2.45) is 11.7 Å². The lowest BCUT2D eigenvalue weighted by atomic mass is 9.84. The highest BCUT2D eigenvalue weighted by atomic mass is 127. The van der Waals surface area contributed by atoms with E-state index in [0.29, 0.717) is 5.92 Å². The van der Waals surface area contributed by atoms with Gasteiger partial charge in [-0.2, -0.15) is 0 Å². The fraction of sp³-hybridized carbons (Fsp3) is 0.588. The van der Waals surface area contributed by atoms with E-state index in [1.807, 2.05) is 25.1 Å². The van der Waals surface area contributed by atoms with E-state index in [1.54, 1.807) is 0 Å². The van der Waals surface area contributed by atoms with Gasteiger partial charge in [-0.25, -0.2) is 0 Å². The van der Waals surface area contributed by atoms with E-state index < -0.39 is 18.1 Å². The van der Waals surface area contributed by atoms with Crippen molar-refractivity contribution in [1.29, 1.82) is 0 Å². The molecule has 4 N–H and O–H groups in total. The van der Waals surface area contributed by atoms with Gasteiger partial charge in [0.2, 0.25) is 0 Å². The lowest BCUT2D eigenvalue weighted by molar-refractivity contribution is -0.125. The van der Waals surface area contributed by atoms with Gasteiger partial charge in [0.15, 0.2) is 0 Å². The molecule has 1 saturated carbocycles. The Balaban J connectivity index is 1.90. The summed E-state index contributed by atoms with van der Waals surface area (Å²) in [6, 6.07) is 5.28. The molecule has 1 fully saturated rings. The maximum absolute atomic E-state index is 12.2. The van der Waals surface area contributed by atoms with Crippen molar-refractivity contribution in [3.05, 3.63) is 27.3 Å². The average molecular weight is 416 g/mol. The highest BCUT2D eigenvalue weighted by Crippen LogP contribution is 2.27. The summed E-state index contributed by atoms with van der Waals surface area (Å²) in [6.45, 7) is 1.94. The predicted octanol–water partition coefficient (Wildman–Crippen LogP) is 3.20. The second kappa shape index (κ2) is 8.26. The van der Waals surface area contributed by atoms with Crippen LogP contribution >= 0.6 is 22.6 Å². The van der Waals surface area contributed by atoms with E-state index in [2.05, 4.69) is 27.9 Å². The molecule has 22 heavy (non-hydrogen) atoms. The predicted molar refractivity (Wildman–Crippen MR) is 97.7 cm³/mol. The minimum absolute atomic E-state index is 0.410. The second-order valence-electron chi connectivity index (χ2n) is 6.30. The quantitative estimate of drug-likeness (QED) is 0.646. The van der Waals surface area contributed by atoms with Crippen molar-refractivity contribution < 1.29 is 9.90 Å². The molecule has 4 nitrogen and oxygen atoms in total. The van der Waals surface area contributed by atoms with Crippen molar-refractivity contribution in [3.63, 3.8) is 0 Å². The Morgan fingerprint density at radius 2 is 2.09 bits per heavy atom. The van der Waals surface area contributed by atoms with Crippen LogP contribution in [0.3, 0.4) is 0 Å². The van der Waals surface area contributed by atoms with Gasteiger partial charge in [0.25, 0.3) is 5.91 Å². The van der Waals surface area contributed by atoms with Gasteiger partial charge in [0, 0.05) is 15.3 Å². The number of aryl methyl sites for hydroxylation is 1. The number of nitrogens with one attached hydrogen (secondary N) is 1. The number of amides is 1. The number of rotatable bonds is 5. The third-order valence-corrected chi connectivity index (χ3v) is 5.12. The maximum atomic E-state index is 12.2. The van der Waals surface area contributed by atoms with Gasteiger partial charge in [0.05, 0.1) is 0 Å². The zero-order chi connectivity index (χ0) is 16.1. The molecule has 1 aliphatic rings. The van der Waals surface area contributed by atoms with Gasteiger partial charge in [0.1, 0.15) is 6.10 Å². The number of anilines is 1. The smallest absolute Gasteiger partial charge is 0.254 e. The van der Waals surface area contributed by atoms with Crippen LogP contribution < -0.4 is 11.1 Å². The van der Waals surface area contributed by atoms with Crippen LogP contribution in [0.5, 0.6) is 0 Å². The molecule has 5 heteroatoms. The highest BCUT2D eigenvalue weighted by molar-refractivity contribution is 14.1. The first-order chi connectivity index (χ1) is 10.5. The summed E-state index contributed by atoms with van der Waals surface area (Å²) in [5, 5.41) is 13.0. The molecular formula is C17H25IN2O2. The van der Waals surface area contributed by atoms with E-state index >= 15 is 0 Å². The maximum Gasteiger partial charge on any atom is 0.254 e. The molecule has 0 aromatic heterocycles. The lowest BCUT2D eigenvalue weighted by Crippen LogP contribution is -2.44. The number of hydrogen-bond donors (Lipinski definition) is 3. The summed E-state index contributed by atoms with van der Waals surface area (Å²) in [4.78, 5) is 12.2. The fourth-order valence-electron chi connectivity index (χ4n) is 3.11. The SMILES string of the molecule is Cc1cc(I)ccc1NC(=O)C(O)[C@H](N)CC1CCCCC1. The highest BCUT2D eigenvalue weighted by Gasteiger charge is 2.26. The second-order valence-corrected chi connectivity index (χ2v) is 7.54. The molecule has 1 aliphatic carbocycles. The van der Waals surface area contributed by atoms with Gasteiger partial charge in [-0.05, 0) is 65.6 Å². The molecule has 1 aromatic rings. The molecule has 0 spiro atoms. The number of carbonyl (C=O) groups is 1. The summed E-state index contributed by atoms with van der Waals surface area (Å²) in [7, 11) is 0. The summed E-state index contributed by atoms with van der Waals surface area (Å²) in [5.74, 6) is 0.138. The van der Waals surface area contributed by atoms with Crippen LogP contribution in [0.2, 0.25) is 0 Å². The lowest BCUT2D eigenvalue weighted by Gasteiger charge is -2.26. The molecule has 0 heterocycles. The molecule has 122 valence electrons. The van der Waals surface area contributed by atoms with Crippen LogP contribution in [0.25, 0.3) is 0 Å². The number of aliphatic hydroxyl groups is 1. The summed E-state index contributed by atoms with van der Waals surface area (Å²) >= 11 is 2.23. The molecule has 1 aromatic carbocycles. The first-order valence-electron chi connectivity index (χ1n) is 7.98. The van der Waals surface area contributed by atoms with E-state index in [-0.39, 0.29) is 0 Å². The number of aliphatic hydroxyl groups excluding tert-OH is 1. The van der Waals surface area contributed by atoms with Crippen molar-refractivity contribution in [2.75, 3.05) is 5.32 Å². The van der Waals surface area contributed by atoms with E-state index in [1.165, 1.54) is 19.3 Å². The Labute approximate surface area is 146 Å². The van der Waals surface area contributed by atoms with Crippen molar-refractivity contribution >= 4 is 34.2 Å². The Hall–Kier alpha value is -0.660. The van der Waals surface area contributed by atoms with Crippen LogP contribution in [0.15, 0.2) is 18.2 Å². The van der Waals surface area contributed by atoms with Gasteiger partial charge < -0.3 is 16.2 Å². The van der Waals surface area contributed by atoms with Crippen molar-refractivity contribution in [1.82, 2.24) is 0 Å². The topological polar surface area (TPSA) is 75.3 Å². The molecular weight excluding hydrogens is 391 g/mol. The minimum atomic E-state index is -1.15. The molecule has 0 radical (unpaired) electrons. The number of nitrogens with two attached hydrogens (primary N) is 1. The van der Waals surface area contributed by atoms with Gasteiger partial charge >= 0.3 is 0 Å². The van der Waals surface area contributed by atoms with Gasteiger partial charge in [-0.1, -0.05) is 32.1 Å². The zero-order valence-corrected chi connectivity index (χ0v) is 15.2. The Morgan fingerprint density at radius 1 is 1.41 bits per heavy atom. The van der Waals surface area contributed by atoms with Crippen LogP contribution in [-0.4, -0.2) is 23.2 Å². The van der Waals surface area contributed by atoms with Crippen molar-refractivity contribution in [3.8, 4) is 0 Å². The van der Waals surface area contributed by atoms with Gasteiger partial charge in [-0.3, -0.25) is 4.79 Å². The fourth-order valence-corrected chi connectivity index (χ4v) is 3.75. The third kappa shape index (κ3) is 4.93. The third-order valence-electron chi connectivity index (χ3n) is 4.45. The molecule has 0 saturated heterocycles. The number of carbonyl (C=O) groups excluding carboxylic acids is 1. The summed E-state index contributed by atoms with van der Waals surface area (Å²) in [5.41, 5.74) is 7.76. The van der Waals surface area contributed by atoms with Crippen LogP contribution in [-0.2, 0) is 4.79 Å². The summed E-state index contributed by atoms with van der Waals surface area (Å²) in [6.07, 6.45) is 5.67. The van der Waals surface area contributed by atoms with E-state index in [0.717, 1.165) is 34.1 Å². The zero-order valence-electron chi connectivity index (χ0n) is 13.0. The van der Waals surface area contributed by atoms with E-state index in [4.69, 9.17) is 5.73 Å². The monoisotopic (exact) mass is 416 g/mol. The first-order valence-corrected chi connectivity index (χ1v) is 9.06. The van der Waals surface area contributed by atoms with Crippen molar-refractivity contribution in [2.45, 2.75) is 57.6 Å². The minimum Gasteiger partial charge on any atom is -0.382 e. The van der Waals surface area contributed by atoms with E-state index in [9.17, 15) is 9.90 Å². The standard InChI is InChI=1S/C17H25IN2O2/c1-11-9-13(18)7-8-15(11)20-17(22)16(21)14(19)10-12-5-3-2-4-6-12/h7-9,12,14,16,21H,2-6,10,19H2,1H3,(H,20,22)/t14-,16?/m1/s1. The number of hydrogen-bond acceptors (Lipinski definition) is 3. The summed E-state index contributed by atoms with van der Waals surface area (Å²) < 4.78 is 1.11. The largest absolute Gasteiger partial charge is 0.382 e. The molecule has 2 rings (SSSR count).